The molecule has 0 aliphatic rings. The Morgan fingerprint density at radius 1 is 1.25 bits per heavy atom. The first-order chi connectivity index (χ1) is 9.54. The summed E-state index contributed by atoms with van der Waals surface area (Å²) in [4.78, 5) is 11.3. The molecule has 2 rings (SSSR count). The van der Waals surface area contributed by atoms with Gasteiger partial charge in [0.15, 0.2) is 6.10 Å². The van der Waals surface area contributed by atoms with E-state index in [2.05, 4.69) is 0 Å². The smallest absolute Gasteiger partial charge is 0.345 e. The van der Waals surface area contributed by atoms with Crippen molar-refractivity contribution < 1.29 is 14.6 Å². The fourth-order valence-corrected chi connectivity index (χ4v) is 2.00. The molecule has 0 aromatic heterocycles. The van der Waals surface area contributed by atoms with Gasteiger partial charge in [-0.3, -0.25) is 0 Å². The number of carboxylic acid groups (broad SMARTS) is 1. The zero-order valence-electron chi connectivity index (χ0n) is 11.0. The number of benzene rings is 2. The van der Waals surface area contributed by atoms with Crippen LogP contribution in [0.3, 0.4) is 0 Å². The molecule has 0 radical (unpaired) electrons. The van der Waals surface area contributed by atoms with Crippen molar-refractivity contribution in [2.24, 2.45) is 0 Å². The molecule has 4 heteroatoms. The van der Waals surface area contributed by atoms with Crippen LogP contribution in [0.25, 0.3) is 0 Å². The molecular weight excluding hydrogens is 276 g/mol. The van der Waals surface area contributed by atoms with Crippen LogP contribution in [-0.2, 0) is 11.2 Å². The minimum atomic E-state index is -0.995. The number of aliphatic carboxylic acids is 1. The molecule has 0 aliphatic carbocycles. The molecule has 0 saturated heterocycles. The van der Waals surface area contributed by atoms with Gasteiger partial charge >= 0.3 is 5.97 Å². The first-order valence-electron chi connectivity index (χ1n) is 6.25. The van der Waals surface area contributed by atoms with E-state index < -0.39 is 12.1 Å². The minimum absolute atomic E-state index is 0.308. The SMILES string of the molecule is Cc1ccc(CC(Oc2cccc(Cl)c2)C(=O)O)cc1. The Morgan fingerprint density at radius 3 is 2.55 bits per heavy atom. The van der Waals surface area contributed by atoms with Gasteiger partial charge in [-0.15, -0.1) is 0 Å². The van der Waals surface area contributed by atoms with Crippen LogP contribution in [0.15, 0.2) is 48.5 Å². The molecule has 0 spiro atoms. The molecule has 0 aliphatic heterocycles. The van der Waals surface area contributed by atoms with Crippen molar-refractivity contribution in [2.75, 3.05) is 0 Å². The van der Waals surface area contributed by atoms with Crippen LogP contribution in [0.5, 0.6) is 5.75 Å². The van der Waals surface area contributed by atoms with Gasteiger partial charge in [0.1, 0.15) is 5.75 Å². The van der Waals surface area contributed by atoms with Crippen molar-refractivity contribution >= 4 is 17.6 Å². The van der Waals surface area contributed by atoms with Crippen LogP contribution in [0.1, 0.15) is 11.1 Å². The third-order valence-electron chi connectivity index (χ3n) is 2.89. The van der Waals surface area contributed by atoms with Crippen molar-refractivity contribution in [3.8, 4) is 5.75 Å². The molecule has 2 aromatic rings. The van der Waals surface area contributed by atoms with Crippen molar-refractivity contribution in [2.45, 2.75) is 19.4 Å². The lowest BCUT2D eigenvalue weighted by atomic mass is 10.1. The van der Waals surface area contributed by atoms with Crippen LogP contribution < -0.4 is 4.74 Å². The van der Waals surface area contributed by atoms with E-state index in [0.29, 0.717) is 17.2 Å². The zero-order valence-corrected chi connectivity index (χ0v) is 11.8. The monoisotopic (exact) mass is 290 g/mol. The summed E-state index contributed by atoms with van der Waals surface area (Å²) < 4.78 is 5.51. The maximum Gasteiger partial charge on any atom is 0.345 e. The third kappa shape index (κ3) is 4.00. The molecule has 1 N–H and O–H groups in total. The second kappa shape index (κ2) is 6.44. The molecule has 0 saturated carbocycles. The molecule has 0 bridgehead atoms. The number of ether oxygens (including phenoxy) is 1. The fourth-order valence-electron chi connectivity index (χ4n) is 1.82. The molecule has 1 unspecified atom stereocenters. The van der Waals surface area contributed by atoms with Crippen molar-refractivity contribution in [1.29, 1.82) is 0 Å². The largest absolute Gasteiger partial charge is 0.478 e. The lowest BCUT2D eigenvalue weighted by Crippen LogP contribution is -2.29. The number of hydrogen-bond donors (Lipinski definition) is 1. The minimum Gasteiger partial charge on any atom is -0.478 e. The van der Waals surface area contributed by atoms with Crippen molar-refractivity contribution in [1.82, 2.24) is 0 Å². The summed E-state index contributed by atoms with van der Waals surface area (Å²) in [5.41, 5.74) is 2.06. The maximum atomic E-state index is 11.3. The molecule has 1 atom stereocenters. The number of aryl methyl sites for hydroxylation is 1. The van der Waals surface area contributed by atoms with Gasteiger partial charge in [0, 0.05) is 11.4 Å². The number of hydrogen-bond acceptors (Lipinski definition) is 2. The summed E-state index contributed by atoms with van der Waals surface area (Å²) in [7, 11) is 0. The Labute approximate surface area is 122 Å². The molecular formula is C16H15ClO3. The van der Waals surface area contributed by atoms with Gasteiger partial charge in [-0.25, -0.2) is 4.79 Å². The summed E-state index contributed by atoms with van der Waals surface area (Å²) in [6, 6.07) is 14.5. The summed E-state index contributed by atoms with van der Waals surface area (Å²) in [5.74, 6) is -0.539. The van der Waals surface area contributed by atoms with E-state index in [1.807, 2.05) is 31.2 Å². The van der Waals surface area contributed by atoms with Crippen LogP contribution in [-0.4, -0.2) is 17.2 Å². The van der Waals surface area contributed by atoms with Crippen LogP contribution in [0, 0.1) is 6.92 Å². The van der Waals surface area contributed by atoms with Gasteiger partial charge in [0.2, 0.25) is 0 Å². The van der Waals surface area contributed by atoms with Gasteiger partial charge in [0.05, 0.1) is 0 Å². The molecule has 20 heavy (non-hydrogen) atoms. The molecule has 0 heterocycles. The van der Waals surface area contributed by atoms with Crippen molar-refractivity contribution in [3.05, 3.63) is 64.7 Å². The fraction of sp³-hybridized carbons (Fsp3) is 0.188. The van der Waals surface area contributed by atoms with Gasteiger partial charge in [-0.05, 0) is 30.7 Å². The normalized spacial score (nSPS) is 11.9. The van der Waals surface area contributed by atoms with E-state index >= 15 is 0 Å². The Hall–Kier alpha value is -2.00. The summed E-state index contributed by atoms with van der Waals surface area (Å²) in [5, 5.41) is 9.78. The van der Waals surface area contributed by atoms with E-state index in [0.717, 1.165) is 11.1 Å². The summed E-state index contributed by atoms with van der Waals surface area (Å²) in [6.45, 7) is 1.99. The number of halogens is 1. The molecule has 0 fully saturated rings. The Morgan fingerprint density at radius 2 is 1.95 bits per heavy atom. The summed E-state index contributed by atoms with van der Waals surface area (Å²) in [6.07, 6.45) is -0.626. The van der Waals surface area contributed by atoms with Gasteiger partial charge in [-0.1, -0.05) is 47.5 Å². The van der Waals surface area contributed by atoms with Gasteiger partial charge in [-0.2, -0.15) is 0 Å². The average molecular weight is 291 g/mol. The highest BCUT2D eigenvalue weighted by Crippen LogP contribution is 2.19. The van der Waals surface area contributed by atoms with Crippen molar-refractivity contribution in [3.63, 3.8) is 0 Å². The highest BCUT2D eigenvalue weighted by Gasteiger charge is 2.20. The quantitative estimate of drug-likeness (QED) is 0.913. The van der Waals surface area contributed by atoms with E-state index in [1.54, 1.807) is 24.3 Å². The Balaban J connectivity index is 2.11. The highest BCUT2D eigenvalue weighted by molar-refractivity contribution is 6.30. The van der Waals surface area contributed by atoms with E-state index in [4.69, 9.17) is 16.3 Å². The maximum absolute atomic E-state index is 11.3. The van der Waals surface area contributed by atoms with E-state index in [1.165, 1.54) is 0 Å². The van der Waals surface area contributed by atoms with E-state index in [9.17, 15) is 9.90 Å². The molecule has 0 amide bonds. The van der Waals surface area contributed by atoms with Gasteiger partial charge < -0.3 is 9.84 Å². The first kappa shape index (κ1) is 14.4. The Bertz CT molecular complexity index is 593. The number of carbonyl (C=O) groups is 1. The standard InChI is InChI=1S/C16H15ClO3/c1-11-5-7-12(8-6-11)9-15(16(18)19)20-14-4-2-3-13(17)10-14/h2-8,10,15H,9H2,1H3,(H,18,19). The molecule has 2 aromatic carbocycles. The predicted octanol–water partition coefficient (Wildman–Crippen LogP) is 3.72. The first-order valence-corrected chi connectivity index (χ1v) is 6.63. The average Bonchev–Trinajstić information content (AvgIpc) is 2.40. The van der Waals surface area contributed by atoms with Crippen LogP contribution in [0.4, 0.5) is 0 Å². The lowest BCUT2D eigenvalue weighted by molar-refractivity contribution is -0.145. The second-order valence-corrected chi connectivity index (χ2v) is 5.03. The molecule has 3 nitrogen and oxygen atoms in total. The van der Waals surface area contributed by atoms with E-state index in [-0.39, 0.29) is 0 Å². The van der Waals surface area contributed by atoms with Gasteiger partial charge in [0.25, 0.3) is 0 Å². The molecule has 104 valence electrons. The highest BCUT2D eigenvalue weighted by atomic mass is 35.5. The predicted molar refractivity (Wildman–Crippen MR) is 78.4 cm³/mol. The second-order valence-electron chi connectivity index (χ2n) is 4.59. The summed E-state index contributed by atoms with van der Waals surface area (Å²) >= 11 is 5.86. The van der Waals surface area contributed by atoms with Crippen LogP contribution in [0.2, 0.25) is 5.02 Å². The topological polar surface area (TPSA) is 46.5 Å². The van der Waals surface area contributed by atoms with Crippen LogP contribution >= 0.6 is 11.6 Å². The number of rotatable bonds is 5. The zero-order chi connectivity index (χ0) is 14.5. The number of carboxylic acids is 1. The lowest BCUT2D eigenvalue weighted by Gasteiger charge is -2.15. The Kier molecular flexibility index (Phi) is 4.64. The third-order valence-corrected chi connectivity index (χ3v) is 3.13.